The molecule has 0 unspecified atom stereocenters. The van der Waals surface area contributed by atoms with E-state index >= 15 is 0 Å². The summed E-state index contributed by atoms with van der Waals surface area (Å²) >= 11 is 0. The largest absolute Gasteiger partial charge is 0.461 e. The van der Waals surface area contributed by atoms with Gasteiger partial charge in [0.2, 0.25) is 5.82 Å². The Morgan fingerprint density at radius 3 is 2.88 bits per heavy atom. The Morgan fingerprint density at radius 1 is 1.35 bits per heavy atom. The highest BCUT2D eigenvalue weighted by molar-refractivity contribution is 5.44. The third-order valence-electron chi connectivity index (χ3n) is 3.00. The van der Waals surface area contributed by atoms with E-state index < -0.39 is 5.60 Å². The van der Waals surface area contributed by atoms with Gasteiger partial charge in [-0.3, -0.25) is 0 Å². The monoisotopic (exact) mass is 235 g/mol. The number of aliphatic hydroxyl groups is 1. The zero-order valence-corrected chi connectivity index (χ0v) is 9.22. The van der Waals surface area contributed by atoms with E-state index in [1.54, 1.807) is 18.4 Å². The number of nitrogens with zero attached hydrogens (tertiary/aromatic N) is 2. The molecule has 17 heavy (non-hydrogen) atoms. The summed E-state index contributed by atoms with van der Waals surface area (Å²) in [7, 11) is 0. The second kappa shape index (κ2) is 3.97. The van der Waals surface area contributed by atoms with Crippen molar-refractivity contribution in [3.8, 4) is 11.6 Å². The van der Waals surface area contributed by atoms with Crippen molar-refractivity contribution in [1.82, 2.24) is 15.5 Å². The van der Waals surface area contributed by atoms with Crippen LogP contribution in [0.5, 0.6) is 0 Å². The van der Waals surface area contributed by atoms with Crippen LogP contribution in [0.3, 0.4) is 0 Å². The van der Waals surface area contributed by atoms with Gasteiger partial charge in [-0.25, -0.2) is 0 Å². The number of rotatable bonds is 2. The normalized spacial score (nSPS) is 19.4. The van der Waals surface area contributed by atoms with E-state index in [1.165, 1.54) is 0 Å². The van der Waals surface area contributed by atoms with E-state index in [4.69, 9.17) is 8.94 Å². The van der Waals surface area contributed by atoms with Gasteiger partial charge in [-0.15, -0.1) is 0 Å². The molecule has 0 radical (unpaired) electrons. The molecule has 2 N–H and O–H groups in total. The van der Waals surface area contributed by atoms with Crippen LogP contribution < -0.4 is 5.32 Å². The van der Waals surface area contributed by atoms with Gasteiger partial charge < -0.3 is 19.4 Å². The Morgan fingerprint density at radius 2 is 2.18 bits per heavy atom. The van der Waals surface area contributed by atoms with Gasteiger partial charge in [-0.05, 0) is 38.1 Å². The summed E-state index contributed by atoms with van der Waals surface area (Å²) in [5.74, 6) is 1.18. The van der Waals surface area contributed by atoms with Crippen LogP contribution in [0.1, 0.15) is 18.7 Å². The maximum atomic E-state index is 10.4. The molecule has 0 atom stereocenters. The van der Waals surface area contributed by atoms with Crippen molar-refractivity contribution in [3.63, 3.8) is 0 Å². The van der Waals surface area contributed by atoms with E-state index in [-0.39, 0.29) is 5.89 Å². The first-order valence-electron chi connectivity index (χ1n) is 5.59. The van der Waals surface area contributed by atoms with Gasteiger partial charge in [0.15, 0.2) is 5.76 Å². The predicted molar refractivity (Wildman–Crippen MR) is 58.0 cm³/mol. The molecule has 6 heteroatoms. The van der Waals surface area contributed by atoms with E-state index in [2.05, 4.69) is 15.5 Å². The minimum absolute atomic E-state index is 0.269. The summed E-state index contributed by atoms with van der Waals surface area (Å²) in [5, 5.41) is 17.4. The minimum atomic E-state index is -1.01. The molecule has 0 amide bonds. The minimum Gasteiger partial charge on any atom is -0.461 e. The molecule has 90 valence electrons. The molecule has 2 aromatic rings. The first kappa shape index (κ1) is 10.5. The lowest BCUT2D eigenvalue weighted by Gasteiger charge is -2.28. The summed E-state index contributed by atoms with van der Waals surface area (Å²) in [5.41, 5.74) is -1.01. The smallest absolute Gasteiger partial charge is 0.259 e. The number of aromatic nitrogens is 2. The van der Waals surface area contributed by atoms with Crippen molar-refractivity contribution >= 4 is 0 Å². The van der Waals surface area contributed by atoms with Gasteiger partial charge in [-0.2, -0.15) is 4.98 Å². The van der Waals surface area contributed by atoms with Crippen LogP contribution in [-0.2, 0) is 5.60 Å². The molecule has 1 fully saturated rings. The van der Waals surface area contributed by atoms with Crippen molar-refractivity contribution in [3.05, 3.63) is 24.3 Å². The first-order valence-corrected chi connectivity index (χ1v) is 5.59. The lowest BCUT2D eigenvalue weighted by Crippen LogP contribution is -2.39. The van der Waals surface area contributed by atoms with Crippen molar-refractivity contribution in [2.45, 2.75) is 18.4 Å². The average molecular weight is 235 g/mol. The lowest BCUT2D eigenvalue weighted by molar-refractivity contribution is -0.0228. The van der Waals surface area contributed by atoms with Gasteiger partial charge in [0, 0.05) is 0 Å². The second-order valence-electron chi connectivity index (χ2n) is 4.18. The summed E-state index contributed by atoms with van der Waals surface area (Å²) < 4.78 is 10.3. The fraction of sp³-hybridized carbons (Fsp3) is 0.455. The van der Waals surface area contributed by atoms with Gasteiger partial charge >= 0.3 is 0 Å². The zero-order valence-electron chi connectivity index (χ0n) is 9.22. The molecular weight excluding hydrogens is 222 g/mol. The number of hydrogen-bond donors (Lipinski definition) is 2. The molecule has 0 aliphatic carbocycles. The topological polar surface area (TPSA) is 84.3 Å². The highest BCUT2D eigenvalue weighted by Gasteiger charge is 2.37. The van der Waals surface area contributed by atoms with Crippen molar-refractivity contribution < 1.29 is 14.0 Å². The standard InChI is InChI=1S/C11H13N3O3/c15-11(3-5-12-6-4-11)10-13-9(14-17-10)8-2-1-7-16-8/h1-2,7,12,15H,3-6H2. The van der Waals surface area contributed by atoms with Crippen LogP contribution in [0.4, 0.5) is 0 Å². The molecule has 6 nitrogen and oxygen atoms in total. The molecule has 1 aliphatic heterocycles. The van der Waals surface area contributed by atoms with E-state index in [0.717, 1.165) is 13.1 Å². The van der Waals surface area contributed by atoms with Crippen LogP contribution in [0.25, 0.3) is 11.6 Å². The number of hydrogen-bond acceptors (Lipinski definition) is 6. The molecule has 0 saturated carbocycles. The summed E-state index contributed by atoms with van der Waals surface area (Å²) in [6.07, 6.45) is 2.70. The number of piperidine rings is 1. The predicted octanol–water partition coefficient (Wildman–Crippen LogP) is 0.901. The molecule has 0 aromatic carbocycles. The van der Waals surface area contributed by atoms with Crippen LogP contribution in [-0.4, -0.2) is 28.3 Å². The van der Waals surface area contributed by atoms with Gasteiger partial charge in [-0.1, -0.05) is 5.16 Å². The van der Waals surface area contributed by atoms with E-state index in [1.807, 2.05) is 0 Å². The fourth-order valence-corrected chi connectivity index (χ4v) is 1.97. The molecule has 0 spiro atoms. The maximum Gasteiger partial charge on any atom is 0.259 e. The van der Waals surface area contributed by atoms with Crippen molar-refractivity contribution in [2.75, 3.05) is 13.1 Å². The van der Waals surface area contributed by atoms with Gasteiger partial charge in [0.05, 0.1) is 6.26 Å². The van der Waals surface area contributed by atoms with Crippen LogP contribution in [0.2, 0.25) is 0 Å². The Kier molecular flexibility index (Phi) is 2.45. The third kappa shape index (κ3) is 1.85. The Hall–Kier alpha value is -1.66. The van der Waals surface area contributed by atoms with Crippen LogP contribution in [0, 0.1) is 0 Å². The first-order chi connectivity index (χ1) is 8.28. The molecule has 3 heterocycles. The SMILES string of the molecule is OC1(c2nc(-c3ccco3)no2)CCNCC1. The Balaban J connectivity index is 1.89. The molecular formula is C11H13N3O3. The van der Waals surface area contributed by atoms with Crippen molar-refractivity contribution in [1.29, 1.82) is 0 Å². The molecule has 1 aliphatic rings. The highest BCUT2D eigenvalue weighted by atomic mass is 16.5. The molecule has 0 bridgehead atoms. The molecule has 3 rings (SSSR count). The van der Waals surface area contributed by atoms with Crippen LogP contribution >= 0.6 is 0 Å². The summed E-state index contributed by atoms with van der Waals surface area (Å²) in [6, 6.07) is 3.51. The lowest BCUT2D eigenvalue weighted by atomic mass is 9.92. The maximum absolute atomic E-state index is 10.4. The second-order valence-corrected chi connectivity index (χ2v) is 4.18. The van der Waals surface area contributed by atoms with Crippen molar-refractivity contribution in [2.24, 2.45) is 0 Å². The van der Waals surface area contributed by atoms with Gasteiger partial charge in [0.25, 0.3) is 5.89 Å². The van der Waals surface area contributed by atoms with Gasteiger partial charge in [0.1, 0.15) is 5.60 Å². The Bertz CT molecular complexity index is 486. The highest BCUT2D eigenvalue weighted by Crippen LogP contribution is 2.30. The summed E-state index contributed by atoms with van der Waals surface area (Å²) in [6.45, 7) is 1.49. The zero-order chi connectivity index (χ0) is 11.7. The summed E-state index contributed by atoms with van der Waals surface area (Å²) in [4.78, 5) is 4.20. The van der Waals surface area contributed by atoms with E-state index in [9.17, 15) is 5.11 Å². The molecule has 2 aromatic heterocycles. The fourth-order valence-electron chi connectivity index (χ4n) is 1.97. The van der Waals surface area contributed by atoms with E-state index in [0.29, 0.717) is 24.4 Å². The molecule has 1 saturated heterocycles. The number of nitrogens with one attached hydrogen (secondary N) is 1. The quantitative estimate of drug-likeness (QED) is 0.804. The average Bonchev–Trinajstić information content (AvgIpc) is 3.01. The third-order valence-corrected chi connectivity index (χ3v) is 3.00. The number of furan rings is 1. The van der Waals surface area contributed by atoms with Crippen LogP contribution in [0.15, 0.2) is 27.3 Å². The Labute approximate surface area is 97.6 Å².